The summed E-state index contributed by atoms with van der Waals surface area (Å²) in [6, 6.07) is 9.41. The van der Waals surface area contributed by atoms with Crippen molar-refractivity contribution in [1.29, 1.82) is 0 Å². The van der Waals surface area contributed by atoms with Crippen molar-refractivity contribution in [3.05, 3.63) is 52.5 Å². The fourth-order valence-electron chi connectivity index (χ4n) is 1.60. The van der Waals surface area contributed by atoms with Crippen molar-refractivity contribution >= 4 is 37.6 Å². The molecular formula is C13H10BrNO5S. The van der Waals surface area contributed by atoms with Gasteiger partial charge in [-0.15, -0.1) is 0 Å². The molecule has 0 saturated heterocycles. The molecule has 0 aliphatic heterocycles. The van der Waals surface area contributed by atoms with E-state index in [0.29, 0.717) is 0 Å². The van der Waals surface area contributed by atoms with Crippen LogP contribution in [0, 0.1) is 0 Å². The second-order valence-corrected chi connectivity index (χ2v) is 6.69. The van der Waals surface area contributed by atoms with Crippen molar-refractivity contribution in [2.45, 2.75) is 4.90 Å². The number of anilines is 1. The molecule has 8 heteroatoms. The highest BCUT2D eigenvalue weighted by molar-refractivity contribution is 9.10. The molecule has 0 amide bonds. The topological polar surface area (TPSA) is 104 Å². The molecule has 110 valence electrons. The Hall–Kier alpha value is -2.06. The Morgan fingerprint density at radius 1 is 1.10 bits per heavy atom. The molecule has 0 atom stereocenters. The zero-order valence-electron chi connectivity index (χ0n) is 10.4. The summed E-state index contributed by atoms with van der Waals surface area (Å²) in [4.78, 5) is 10.9. The molecule has 3 N–H and O–H groups in total. The Bertz CT molecular complexity index is 787. The number of nitrogens with one attached hydrogen (secondary N) is 1. The molecule has 0 bridgehead atoms. The summed E-state index contributed by atoms with van der Waals surface area (Å²) in [5.74, 6) is -1.79. The van der Waals surface area contributed by atoms with Gasteiger partial charge in [-0.1, -0.05) is 15.9 Å². The number of aromatic hydroxyl groups is 1. The normalized spacial score (nSPS) is 11.1. The quantitative estimate of drug-likeness (QED) is 0.716. The Kier molecular flexibility index (Phi) is 4.19. The highest BCUT2D eigenvalue weighted by Gasteiger charge is 2.16. The van der Waals surface area contributed by atoms with Gasteiger partial charge >= 0.3 is 5.97 Å². The number of rotatable bonds is 4. The maximum Gasteiger partial charge on any atom is 0.339 e. The van der Waals surface area contributed by atoms with Crippen LogP contribution in [0.3, 0.4) is 0 Å². The first kappa shape index (κ1) is 15.3. The van der Waals surface area contributed by atoms with E-state index in [0.717, 1.165) is 16.6 Å². The lowest BCUT2D eigenvalue weighted by molar-refractivity contribution is 0.0694. The lowest BCUT2D eigenvalue weighted by Crippen LogP contribution is -2.13. The average molecular weight is 372 g/mol. The number of carbonyl (C=O) groups is 1. The minimum absolute atomic E-state index is 0.0376. The Morgan fingerprint density at radius 2 is 1.71 bits per heavy atom. The monoisotopic (exact) mass is 371 g/mol. The van der Waals surface area contributed by atoms with Gasteiger partial charge in [-0.05, 0) is 42.5 Å². The van der Waals surface area contributed by atoms with E-state index < -0.39 is 21.7 Å². The van der Waals surface area contributed by atoms with Crippen LogP contribution in [-0.4, -0.2) is 24.6 Å². The number of carboxylic acids is 1. The van der Waals surface area contributed by atoms with Crippen LogP contribution in [0.1, 0.15) is 10.4 Å². The fraction of sp³-hybridized carbons (Fsp3) is 0. The Labute approximate surface area is 129 Å². The largest absolute Gasteiger partial charge is 0.507 e. The molecule has 0 saturated carbocycles. The van der Waals surface area contributed by atoms with Crippen molar-refractivity contribution in [2.75, 3.05) is 4.72 Å². The minimum atomic E-state index is -3.83. The lowest BCUT2D eigenvalue weighted by Gasteiger charge is -2.09. The van der Waals surface area contributed by atoms with Gasteiger partial charge in [-0.25, -0.2) is 13.2 Å². The van der Waals surface area contributed by atoms with Gasteiger partial charge in [0.15, 0.2) is 0 Å². The maximum absolute atomic E-state index is 12.1. The first-order valence-electron chi connectivity index (χ1n) is 5.64. The molecule has 2 rings (SSSR count). The molecule has 0 unspecified atom stereocenters. The summed E-state index contributed by atoms with van der Waals surface area (Å²) >= 11 is 3.20. The first-order valence-corrected chi connectivity index (χ1v) is 7.92. The molecule has 0 heterocycles. The Balaban J connectivity index is 2.35. The summed E-state index contributed by atoms with van der Waals surface area (Å²) in [5, 5.41) is 18.3. The van der Waals surface area contributed by atoms with Crippen molar-refractivity contribution in [3.63, 3.8) is 0 Å². The second-order valence-electron chi connectivity index (χ2n) is 4.10. The van der Waals surface area contributed by atoms with E-state index in [1.165, 1.54) is 18.2 Å². The van der Waals surface area contributed by atoms with Gasteiger partial charge in [0, 0.05) is 10.2 Å². The van der Waals surface area contributed by atoms with Gasteiger partial charge in [0.2, 0.25) is 0 Å². The summed E-state index contributed by atoms with van der Waals surface area (Å²) < 4.78 is 27.3. The molecule has 0 aromatic heterocycles. The third-order valence-electron chi connectivity index (χ3n) is 2.60. The molecule has 0 fully saturated rings. The lowest BCUT2D eigenvalue weighted by atomic mass is 10.2. The van der Waals surface area contributed by atoms with Crippen molar-refractivity contribution in [2.24, 2.45) is 0 Å². The van der Waals surface area contributed by atoms with Crippen LogP contribution in [-0.2, 0) is 10.0 Å². The highest BCUT2D eigenvalue weighted by atomic mass is 79.9. The zero-order valence-corrected chi connectivity index (χ0v) is 12.8. The molecular weight excluding hydrogens is 362 g/mol. The van der Waals surface area contributed by atoms with E-state index in [1.54, 1.807) is 12.1 Å². The number of benzene rings is 2. The number of carboxylic acid groups (broad SMARTS) is 1. The van der Waals surface area contributed by atoms with E-state index in [-0.39, 0.29) is 16.1 Å². The summed E-state index contributed by atoms with van der Waals surface area (Å²) in [5.41, 5.74) is -0.334. The van der Waals surface area contributed by atoms with Gasteiger partial charge in [-0.2, -0.15) is 0 Å². The molecule has 6 nitrogen and oxygen atoms in total. The first-order chi connectivity index (χ1) is 9.79. The summed E-state index contributed by atoms with van der Waals surface area (Å²) in [6.07, 6.45) is 0. The molecule has 0 aliphatic rings. The summed E-state index contributed by atoms with van der Waals surface area (Å²) in [7, 11) is -3.83. The van der Waals surface area contributed by atoms with Crippen LogP contribution in [0.2, 0.25) is 0 Å². The SMILES string of the molecule is O=C(O)c1cc(NS(=O)(=O)c2ccc(Br)cc2)ccc1O. The molecule has 0 radical (unpaired) electrons. The number of hydrogen-bond donors (Lipinski definition) is 3. The third kappa shape index (κ3) is 3.53. The van der Waals surface area contributed by atoms with E-state index in [9.17, 15) is 18.3 Å². The molecule has 0 spiro atoms. The van der Waals surface area contributed by atoms with Crippen molar-refractivity contribution in [1.82, 2.24) is 0 Å². The van der Waals surface area contributed by atoms with Crippen LogP contribution in [0.4, 0.5) is 5.69 Å². The van der Waals surface area contributed by atoms with E-state index in [2.05, 4.69) is 20.7 Å². The predicted octanol–water partition coefficient (Wildman–Crippen LogP) is 2.65. The van der Waals surface area contributed by atoms with E-state index in [4.69, 9.17) is 5.11 Å². The van der Waals surface area contributed by atoms with Gasteiger partial charge in [0.05, 0.1) is 4.90 Å². The van der Waals surface area contributed by atoms with Gasteiger partial charge in [-0.3, -0.25) is 4.72 Å². The van der Waals surface area contributed by atoms with Crippen LogP contribution < -0.4 is 4.72 Å². The molecule has 21 heavy (non-hydrogen) atoms. The molecule has 2 aromatic carbocycles. The van der Waals surface area contributed by atoms with Crippen molar-refractivity contribution in [3.8, 4) is 5.75 Å². The molecule has 0 aliphatic carbocycles. The van der Waals surface area contributed by atoms with E-state index in [1.807, 2.05) is 0 Å². The predicted molar refractivity (Wildman–Crippen MR) is 80.0 cm³/mol. The van der Waals surface area contributed by atoms with Crippen molar-refractivity contribution < 1.29 is 23.4 Å². The number of hydrogen-bond acceptors (Lipinski definition) is 4. The highest BCUT2D eigenvalue weighted by Crippen LogP contribution is 2.24. The number of halogens is 1. The van der Waals surface area contributed by atoms with Gasteiger partial charge < -0.3 is 10.2 Å². The van der Waals surface area contributed by atoms with Crippen LogP contribution in [0.25, 0.3) is 0 Å². The number of aromatic carboxylic acids is 1. The fourth-order valence-corrected chi connectivity index (χ4v) is 2.91. The maximum atomic E-state index is 12.1. The van der Waals surface area contributed by atoms with Gasteiger partial charge in [0.25, 0.3) is 10.0 Å². The van der Waals surface area contributed by atoms with Crippen LogP contribution in [0.15, 0.2) is 51.8 Å². The van der Waals surface area contributed by atoms with E-state index >= 15 is 0 Å². The Morgan fingerprint density at radius 3 is 2.29 bits per heavy atom. The van der Waals surface area contributed by atoms with Gasteiger partial charge in [0.1, 0.15) is 11.3 Å². The average Bonchev–Trinajstić information content (AvgIpc) is 2.41. The molecule has 2 aromatic rings. The minimum Gasteiger partial charge on any atom is -0.507 e. The van der Waals surface area contributed by atoms with Crippen LogP contribution >= 0.6 is 15.9 Å². The second kappa shape index (κ2) is 5.74. The van der Waals surface area contributed by atoms with Crippen LogP contribution in [0.5, 0.6) is 5.75 Å². The zero-order chi connectivity index (χ0) is 15.6. The third-order valence-corrected chi connectivity index (χ3v) is 4.53. The number of phenols is 1. The summed E-state index contributed by atoms with van der Waals surface area (Å²) in [6.45, 7) is 0. The number of sulfonamides is 1. The smallest absolute Gasteiger partial charge is 0.339 e. The standard InChI is InChI=1S/C13H10BrNO5S/c14-8-1-4-10(5-2-8)21(19,20)15-9-3-6-12(16)11(7-9)13(17)18/h1-7,15-16H,(H,17,18).